The Labute approximate surface area is 156 Å². The number of halogens is 1. The van der Waals surface area contributed by atoms with Crippen molar-refractivity contribution in [3.8, 4) is 17.0 Å². The van der Waals surface area contributed by atoms with Gasteiger partial charge in [-0.3, -0.25) is 0 Å². The summed E-state index contributed by atoms with van der Waals surface area (Å²) in [6.07, 6.45) is 3.16. The number of hydrogen-bond donors (Lipinski definition) is 2. The quantitative estimate of drug-likeness (QED) is 0.401. The summed E-state index contributed by atoms with van der Waals surface area (Å²) < 4.78 is 6.94. The summed E-state index contributed by atoms with van der Waals surface area (Å²) in [7, 11) is 0. The van der Waals surface area contributed by atoms with E-state index in [1.165, 1.54) is 25.8 Å². The molecule has 24 heavy (non-hydrogen) atoms. The van der Waals surface area contributed by atoms with Crippen molar-refractivity contribution in [1.29, 1.82) is 0 Å². The van der Waals surface area contributed by atoms with Crippen molar-refractivity contribution in [3.63, 3.8) is 0 Å². The lowest BCUT2D eigenvalue weighted by Crippen LogP contribution is -1.99. The molecule has 0 aliphatic carbocycles. The lowest BCUT2D eigenvalue weighted by molar-refractivity contribution is 0.340. The predicted molar refractivity (Wildman–Crippen MR) is 110 cm³/mol. The molecule has 0 saturated carbocycles. The maximum absolute atomic E-state index is 5.69. The molecule has 0 bridgehead atoms. The minimum atomic E-state index is 0.683. The van der Waals surface area contributed by atoms with E-state index in [2.05, 4.69) is 64.0 Å². The van der Waals surface area contributed by atoms with Gasteiger partial charge in [-0.2, -0.15) is 0 Å². The number of fused-ring (bicyclic) bond motifs is 1. The number of unbranched alkanes of at least 4 members (excludes halogenated alkanes) is 1. The third kappa shape index (κ3) is 3.75. The number of nitrogens with one attached hydrogen (secondary N) is 1. The number of H-pyrrole nitrogens is 1. The van der Waals surface area contributed by atoms with Crippen LogP contribution in [0, 0.1) is 3.57 Å². The summed E-state index contributed by atoms with van der Waals surface area (Å²) in [5.41, 5.74) is 10.7. The molecule has 126 valence electrons. The average molecular weight is 434 g/mol. The van der Waals surface area contributed by atoms with E-state index >= 15 is 0 Å². The van der Waals surface area contributed by atoms with E-state index in [0.717, 1.165) is 37.1 Å². The molecule has 3 rings (SSSR count). The number of aromatic nitrogens is 1. The van der Waals surface area contributed by atoms with Gasteiger partial charge in [0.05, 0.1) is 6.61 Å². The molecule has 2 aromatic carbocycles. The number of nitrogens with two attached hydrogens (primary N) is 1. The van der Waals surface area contributed by atoms with E-state index in [9.17, 15) is 0 Å². The molecule has 0 radical (unpaired) electrons. The molecule has 0 spiro atoms. The molecular weight excluding hydrogens is 411 g/mol. The summed E-state index contributed by atoms with van der Waals surface area (Å²) in [5.74, 6) is 0.929. The normalized spacial score (nSPS) is 11.1. The minimum absolute atomic E-state index is 0.683. The van der Waals surface area contributed by atoms with Gasteiger partial charge < -0.3 is 15.5 Å². The summed E-state index contributed by atoms with van der Waals surface area (Å²) in [5, 5.41) is 1.26. The maximum Gasteiger partial charge on any atom is 0.120 e. The van der Waals surface area contributed by atoms with E-state index in [1.54, 1.807) is 0 Å². The number of rotatable bonds is 7. The molecule has 3 nitrogen and oxygen atoms in total. The van der Waals surface area contributed by atoms with Crippen LogP contribution in [0.15, 0.2) is 42.5 Å². The van der Waals surface area contributed by atoms with Crippen molar-refractivity contribution in [3.05, 3.63) is 51.6 Å². The van der Waals surface area contributed by atoms with E-state index in [4.69, 9.17) is 10.5 Å². The van der Waals surface area contributed by atoms with E-state index in [-0.39, 0.29) is 0 Å². The van der Waals surface area contributed by atoms with Gasteiger partial charge in [-0.1, -0.05) is 12.1 Å². The molecule has 1 heterocycles. The Balaban J connectivity index is 2.10. The van der Waals surface area contributed by atoms with Crippen LogP contribution >= 0.6 is 22.6 Å². The van der Waals surface area contributed by atoms with Crippen LogP contribution in [-0.4, -0.2) is 18.1 Å². The molecule has 0 aliphatic rings. The zero-order valence-electron chi connectivity index (χ0n) is 13.9. The Bertz CT molecular complexity index is 826. The van der Waals surface area contributed by atoms with Gasteiger partial charge in [0, 0.05) is 20.2 Å². The molecule has 3 N–H and O–H groups in total. The van der Waals surface area contributed by atoms with Crippen molar-refractivity contribution in [2.24, 2.45) is 5.73 Å². The fourth-order valence-corrected chi connectivity index (χ4v) is 3.62. The van der Waals surface area contributed by atoms with Gasteiger partial charge in [0.2, 0.25) is 0 Å². The lowest BCUT2D eigenvalue weighted by atomic mass is 10.0. The topological polar surface area (TPSA) is 51.0 Å². The molecule has 0 saturated heterocycles. The van der Waals surface area contributed by atoms with E-state index < -0.39 is 0 Å². The average Bonchev–Trinajstić information content (AvgIpc) is 2.94. The zero-order valence-corrected chi connectivity index (χ0v) is 16.1. The van der Waals surface area contributed by atoms with Gasteiger partial charge in [0.15, 0.2) is 0 Å². The van der Waals surface area contributed by atoms with Crippen molar-refractivity contribution < 1.29 is 4.74 Å². The van der Waals surface area contributed by atoms with Gasteiger partial charge in [-0.05, 0) is 96.8 Å². The SMILES string of the molecule is CCOc1ccc2[nH]c(-c3cccc(I)c3)c(CCCCN)c2c1. The maximum atomic E-state index is 5.69. The van der Waals surface area contributed by atoms with E-state index in [0.29, 0.717) is 6.61 Å². The molecular formula is C20H23IN2O. The highest BCUT2D eigenvalue weighted by Crippen LogP contribution is 2.34. The predicted octanol–water partition coefficient (Wildman–Crippen LogP) is 5.12. The van der Waals surface area contributed by atoms with Gasteiger partial charge >= 0.3 is 0 Å². The third-order valence-corrected chi connectivity index (χ3v) is 4.85. The van der Waals surface area contributed by atoms with Gasteiger partial charge in [-0.15, -0.1) is 0 Å². The van der Waals surface area contributed by atoms with Crippen LogP contribution in [0.4, 0.5) is 0 Å². The second-order valence-electron chi connectivity index (χ2n) is 5.88. The van der Waals surface area contributed by atoms with Crippen LogP contribution < -0.4 is 10.5 Å². The first-order valence-electron chi connectivity index (χ1n) is 8.46. The van der Waals surface area contributed by atoms with Crippen LogP contribution in [0.5, 0.6) is 5.75 Å². The molecule has 4 heteroatoms. The highest BCUT2D eigenvalue weighted by Gasteiger charge is 2.14. The first kappa shape index (κ1) is 17.3. The largest absolute Gasteiger partial charge is 0.494 e. The molecule has 0 unspecified atom stereocenters. The fraction of sp³-hybridized carbons (Fsp3) is 0.300. The van der Waals surface area contributed by atoms with Crippen molar-refractivity contribution in [2.75, 3.05) is 13.2 Å². The molecule has 0 fully saturated rings. The van der Waals surface area contributed by atoms with E-state index in [1.807, 2.05) is 13.0 Å². The van der Waals surface area contributed by atoms with Crippen molar-refractivity contribution in [2.45, 2.75) is 26.2 Å². The number of aryl methyl sites for hydroxylation is 1. The summed E-state index contributed by atoms with van der Waals surface area (Å²) in [6, 6.07) is 14.9. The Morgan fingerprint density at radius 2 is 2.00 bits per heavy atom. The fourth-order valence-electron chi connectivity index (χ4n) is 3.08. The number of ether oxygens (including phenoxy) is 1. The van der Waals surface area contributed by atoms with Crippen molar-refractivity contribution in [1.82, 2.24) is 4.98 Å². The standard InChI is InChI=1S/C20H23IN2O/c1-2-24-16-9-10-19-18(13-16)17(8-3-4-11-22)20(23-19)14-6-5-7-15(21)12-14/h5-7,9-10,12-13,23H,2-4,8,11,22H2,1H3. The lowest BCUT2D eigenvalue weighted by Gasteiger charge is -2.07. The molecule has 3 aromatic rings. The highest BCUT2D eigenvalue weighted by molar-refractivity contribution is 14.1. The molecule has 0 aliphatic heterocycles. The first-order chi connectivity index (χ1) is 11.7. The molecule has 0 amide bonds. The zero-order chi connectivity index (χ0) is 16.9. The minimum Gasteiger partial charge on any atom is -0.494 e. The molecule has 0 atom stereocenters. The second kappa shape index (κ2) is 8.03. The number of aromatic amines is 1. The molecule has 1 aromatic heterocycles. The van der Waals surface area contributed by atoms with Crippen LogP contribution in [0.1, 0.15) is 25.3 Å². The van der Waals surface area contributed by atoms with Gasteiger partial charge in [0.1, 0.15) is 5.75 Å². The Morgan fingerprint density at radius 1 is 1.12 bits per heavy atom. The van der Waals surface area contributed by atoms with Crippen LogP contribution in [-0.2, 0) is 6.42 Å². The Kier molecular flexibility index (Phi) is 5.79. The second-order valence-corrected chi connectivity index (χ2v) is 7.12. The number of hydrogen-bond acceptors (Lipinski definition) is 2. The van der Waals surface area contributed by atoms with Gasteiger partial charge in [0.25, 0.3) is 0 Å². The Hall–Kier alpha value is -1.53. The van der Waals surface area contributed by atoms with Crippen molar-refractivity contribution >= 4 is 33.5 Å². The highest BCUT2D eigenvalue weighted by atomic mass is 127. The van der Waals surface area contributed by atoms with Gasteiger partial charge in [-0.25, -0.2) is 0 Å². The summed E-state index contributed by atoms with van der Waals surface area (Å²) in [6.45, 7) is 3.44. The monoisotopic (exact) mass is 434 g/mol. The van der Waals surface area contributed by atoms with Crippen LogP contribution in [0.2, 0.25) is 0 Å². The smallest absolute Gasteiger partial charge is 0.120 e. The third-order valence-electron chi connectivity index (χ3n) is 4.18. The van der Waals surface area contributed by atoms with Crippen LogP contribution in [0.3, 0.4) is 0 Å². The summed E-state index contributed by atoms with van der Waals surface area (Å²) >= 11 is 2.36. The summed E-state index contributed by atoms with van der Waals surface area (Å²) in [4.78, 5) is 3.61. The Morgan fingerprint density at radius 3 is 2.75 bits per heavy atom. The first-order valence-corrected chi connectivity index (χ1v) is 9.54. The number of benzene rings is 2. The van der Waals surface area contributed by atoms with Crippen LogP contribution in [0.25, 0.3) is 22.2 Å².